The number of rotatable bonds is 12. The second kappa shape index (κ2) is 12.3. The zero-order chi connectivity index (χ0) is 20.2. The van der Waals surface area contributed by atoms with Crippen molar-refractivity contribution in [3.05, 3.63) is 35.9 Å². The zero-order valence-electron chi connectivity index (χ0n) is 15.1. The van der Waals surface area contributed by atoms with Crippen LogP contribution in [0.5, 0.6) is 0 Å². The Morgan fingerprint density at radius 1 is 1.04 bits per heavy atom. The van der Waals surface area contributed by atoms with E-state index < -0.39 is 35.9 Å². The number of nitrogens with one attached hydrogen (secondary N) is 2. The molecule has 0 radical (unpaired) electrons. The molecule has 0 bridgehead atoms. The fraction of sp³-hybridized carbons (Fsp3) is 0.500. The Bertz CT molecular complexity index is 615. The van der Waals surface area contributed by atoms with Gasteiger partial charge in [-0.05, 0) is 37.8 Å². The molecule has 1 aromatic carbocycles. The number of hydrogen-bond acceptors (Lipinski definition) is 6. The van der Waals surface area contributed by atoms with Crippen LogP contribution in [0.15, 0.2) is 30.3 Å². The molecular formula is C18H28N4O4S. The highest BCUT2D eigenvalue weighted by Crippen LogP contribution is 2.04. The molecule has 0 heterocycles. The predicted molar refractivity (Wildman–Crippen MR) is 106 cm³/mol. The molecular weight excluding hydrogens is 368 g/mol. The third kappa shape index (κ3) is 8.42. The number of thiol groups is 1. The largest absolute Gasteiger partial charge is 0.480 e. The summed E-state index contributed by atoms with van der Waals surface area (Å²) in [6.07, 6.45) is 1.83. The Balaban J connectivity index is 2.60. The highest BCUT2D eigenvalue weighted by Gasteiger charge is 2.27. The molecule has 9 heteroatoms. The summed E-state index contributed by atoms with van der Waals surface area (Å²) in [5, 5.41) is 14.2. The van der Waals surface area contributed by atoms with E-state index in [0.717, 1.165) is 5.56 Å². The summed E-state index contributed by atoms with van der Waals surface area (Å²) in [7, 11) is 0. The number of carbonyl (C=O) groups is 3. The van der Waals surface area contributed by atoms with Crippen LogP contribution in [-0.2, 0) is 20.8 Å². The van der Waals surface area contributed by atoms with Crippen molar-refractivity contribution in [3.63, 3.8) is 0 Å². The first-order valence-corrected chi connectivity index (χ1v) is 9.46. The Labute approximate surface area is 164 Å². The summed E-state index contributed by atoms with van der Waals surface area (Å²) in [6.45, 7) is 0.453. The van der Waals surface area contributed by atoms with Gasteiger partial charge < -0.3 is 27.2 Å². The Hall–Kier alpha value is -2.10. The fourth-order valence-corrected chi connectivity index (χ4v) is 2.71. The molecule has 1 rings (SSSR count). The minimum Gasteiger partial charge on any atom is -0.480 e. The van der Waals surface area contributed by atoms with E-state index in [1.807, 2.05) is 30.3 Å². The van der Waals surface area contributed by atoms with Crippen molar-refractivity contribution in [2.24, 2.45) is 11.5 Å². The summed E-state index contributed by atoms with van der Waals surface area (Å²) >= 11 is 4.08. The standard InChI is InChI=1S/C18H28N4O4S/c19-9-5-4-8-14(18(25)26)21-17(24)15(11-27)22-16(23)13(20)10-12-6-2-1-3-7-12/h1-3,6-7,13-15,27H,4-5,8-11,19-20H2,(H,21,24)(H,22,23)(H,25,26). The van der Waals surface area contributed by atoms with E-state index in [4.69, 9.17) is 11.5 Å². The molecule has 0 fully saturated rings. The Morgan fingerprint density at radius 2 is 1.67 bits per heavy atom. The van der Waals surface area contributed by atoms with Crippen LogP contribution in [-0.4, -0.2) is 53.3 Å². The minimum atomic E-state index is -1.13. The van der Waals surface area contributed by atoms with E-state index in [0.29, 0.717) is 25.8 Å². The number of carbonyl (C=O) groups excluding carboxylic acids is 2. The van der Waals surface area contributed by atoms with Crippen LogP contribution in [0.25, 0.3) is 0 Å². The van der Waals surface area contributed by atoms with Gasteiger partial charge in [-0.2, -0.15) is 12.6 Å². The van der Waals surface area contributed by atoms with Crippen molar-refractivity contribution >= 4 is 30.4 Å². The quantitative estimate of drug-likeness (QED) is 0.211. The van der Waals surface area contributed by atoms with Gasteiger partial charge >= 0.3 is 5.97 Å². The maximum atomic E-state index is 12.3. The molecule has 0 aromatic heterocycles. The summed E-state index contributed by atoms with van der Waals surface area (Å²) in [4.78, 5) is 35.9. The summed E-state index contributed by atoms with van der Waals surface area (Å²) < 4.78 is 0. The second-order valence-electron chi connectivity index (χ2n) is 6.22. The van der Waals surface area contributed by atoms with Crippen molar-refractivity contribution in [1.29, 1.82) is 0 Å². The number of nitrogens with two attached hydrogens (primary N) is 2. The Kier molecular flexibility index (Phi) is 10.5. The van der Waals surface area contributed by atoms with E-state index in [1.54, 1.807) is 0 Å². The molecule has 0 spiro atoms. The third-order valence-corrected chi connectivity index (χ3v) is 4.38. The molecule has 1 aromatic rings. The van der Waals surface area contributed by atoms with Gasteiger partial charge in [-0.1, -0.05) is 30.3 Å². The minimum absolute atomic E-state index is 0.0186. The third-order valence-electron chi connectivity index (χ3n) is 4.01. The molecule has 3 atom stereocenters. The van der Waals surface area contributed by atoms with E-state index in [2.05, 4.69) is 23.3 Å². The number of aliphatic carboxylic acids is 1. The highest BCUT2D eigenvalue weighted by molar-refractivity contribution is 7.80. The molecule has 150 valence electrons. The van der Waals surface area contributed by atoms with E-state index >= 15 is 0 Å². The van der Waals surface area contributed by atoms with Gasteiger partial charge in [0.1, 0.15) is 12.1 Å². The number of hydrogen-bond donors (Lipinski definition) is 6. The lowest BCUT2D eigenvalue weighted by Gasteiger charge is -2.21. The maximum Gasteiger partial charge on any atom is 0.326 e. The average Bonchev–Trinajstić information content (AvgIpc) is 2.65. The van der Waals surface area contributed by atoms with Crippen LogP contribution >= 0.6 is 12.6 Å². The first-order valence-electron chi connectivity index (χ1n) is 8.83. The number of carboxylic acid groups (broad SMARTS) is 1. The van der Waals surface area contributed by atoms with E-state index in [-0.39, 0.29) is 12.2 Å². The molecule has 27 heavy (non-hydrogen) atoms. The van der Waals surface area contributed by atoms with Gasteiger partial charge in [0, 0.05) is 5.75 Å². The lowest BCUT2D eigenvalue weighted by Crippen LogP contribution is -2.55. The monoisotopic (exact) mass is 396 g/mol. The summed E-state index contributed by atoms with van der Waals surface area (Å²) in [5.74, 6) is -2.22. The van der Waals surface area contributed by atoms with Crippen molar-refractivity contribution < 1.29 is 19.5 Å². The molecule has 7 N–H and O–H groups in total. The van der Waals surface area contributed by atoms with Gasteiger partial charge in [0.2, 0.25) is 11.8 Å². The first kappa shape index (κ1) is 22.9. The Morgan fingerprint density at radius 3 is 2.22 bits per heavy atom. The van der Waals surface area contributed by atoms with Crippen LogP contribution in [0.2, 0.25) is 0 Å². The highest BCUT2D eigenvalue weighted by atomic mass is 32.1. The second-order valence-corrected chi connectivity index (χ2v) is 6.59. The first-order chi connectivity index (χ1) is 12.9. The number of amides is 2. The van der Waals surface area contributed by atoms with Crippen LogP contribution in [0.1, 0.15) is 24.8 Å². The van der Waals surface area contributed by atoms with Gasteiger partial charge in [-0.15, -0.1) is 0 Å². The van der Waals surface area contributed by atoms with Gasteiger partial charge in [-0.25, -0.2) is 4.79 Å². The van der Waals surface area contributed by atoms with Gasteiger partial charge in [-0.3, -0.25) is 9.59 Å². The van der Waals surface area contributed by atoms with Crippen LogP contribution < -0.4 is 22.1 Å². The lowest BCUT2D eigenvalue weighted by molar-refractivity contribution is -0.142. The maximum absolute atomic E-state index is 12.3. The predicted octanol–water partition coefficient (Wildman–Crippen LogP) is -0.331. The number of carboxylic acids is 1. The molecule has 0 saturated carbocycles. The topological polar surface area (TPSA) is 148 Å². The SMILES string of the molecule is NCCCCC(NC(=O)C(CS)NC(=O)C(N)Cc1ccccc1)C(=O)O. The molecule has 8 nitrogen and oxygen atoms in total. The van der Waals surface area contributed by atoms with Crippen LogP contribution in [0, 0.1) is 0 Å². The van der Waals surface area contributed by atoms with Crippen molar-refractivity contribution in [1.82, 2.24) is 10.6 Å². The number of benzene rings is 1. The summed E-state index contributed by atoms with van der Waals surface area (Å²) in [6, 6.07) is 6.43. The van der Waals surface area contributed by atoms with Crippen molar-refractivity contribution in [2.45, 2.75) is 43.8 Å². The van der Waals surface area contributed by atoms with Crippen LogP contribution in [0.3, 0.4) is 0 Å². The van der Waals surface area contributed by atoms with Crippen molar-refractivity contribution in [3.8, 4) is 0 Å². The van der Waals surface area contributed by atoms with Gasteiger partial charge in [0.25, 0.3) is 0 Å². The number of unbranched alkanes of at least 4 members (excludes halogenated alkanes) is 1. The molecule has 0 saturated heterocycles. The van der Waals surface area contributed by atoms with Gasteiger partial charge in [0.15, 0.2) is 0 Å². The fourth-order valence-electron chi connectivity index (χ4n) is 2.46. The van der Waals surface area contributed by atoms with Gasteiger partial charge in [0.05, 0.1) is 6.04 Å². The zero-order valence-corrected chi connectivity index (χ0v) is 16.0. The molecule has 3 unspecified atom stereocenters. The molecule has 2 amide bonds. The molecule has 0 aliphatic heterocycles. The van der Waals surface area contributed by atoms with Crippen molar-refractivity contribution in [2.75, 3.05) is 12.3 Å². The van der Waals surface area contributed by atoms with E-state index in [9.17, 15) is 19.5 Å². The lowest BCUT2D eigenvalue weighted by atomic mass is 10.1. The average molecular weight is 397 g/mol. The molecule has 0 aliphatic carbocycles. The smallest absolute Gasteiger partial charge is 0.326 e. The van der Waals surface area contributed by atoms with E-state index in [1.165, 1.54) is 0 Å². The van der Waals surface area contributed by atoms with Crippen LogP contribution in [0.4, 0.5) is 0 Å². The summed E-state index contributed by atoms with van der Waals surface area (Å²) in [5.41, 5.74) is 12.2. The molecule has 0 aliphatic rings. The normalized spacial score (nSPS) is 14.0.